The van der Waals surface area contributed by atoms with Gasteiger partial charge in [0.05, 0.1) is 6.33 Å². The van der Waals surface area contributed by atoms with Crippen molar-refractivity contribution in [1.29, 1.82) is 0 Å². The Hall–Kier alpha value is -2.50. The van der Waals surface area contributed by atoms with Crippen molar-refractivity contribution in [3.05, 3.63) is 64.1 Å². The lowest BCUT2D eigenvalue weighted by Gasteiger charge is -2.08. The number of nitrogens with zero attached hydrogens (tertiary/aromatic N) is 2. The van der Waals surface area contributed by atoms with Gasteiger partial charge in [0.25, 0.3) is 11.5 Å². The largest absolute Gasteiger partial charge is 0.350 e. The fourth-order valence-corrected chi connectivity index (χ4v) is 1.85. The lowest BCUT2D eigenvalue weighted by Crippen LogP contribution is -2.31. The molecule has 0 atom stereocenters. The topological polar surface area (TPSA) is 64.0 Å². The first-order valence-corrected chi connectivity index (χ1v) is 6.69. The van der Waals surface area contributed by atoms with Crippen LogP contribution in [0.15, 0.2) is 41.5 Å². The summed E-state index contributed by atoms with van der Waals surface area (Å²) in [6, 6.07) is 6.93. The minimum atomic E-state index is -0.460. The molecule has 2 rings (SSSR count). The second-order valence-electron chi connectivity index (χ2n) is 4.53. The summed E-state index contributed by atoms with van der Waals surface area (Å²) in [7, 11) is 0. The summed E-state index contributed by atoms with van der Waals surface area (Å²) in [5.74, 6) is -0.834. The van der Waals surface area contributed by atoms with Crippen LogP contribution in [0, 0.1) is 5.82 Å². The van der Waals surface area contributed by atoms with Crippen LogP contribution in [0.25, 0.3) is 0 Å². The fraction of sp³-hybridized carbons (Fsp3) is 0.267. The molecule has 1 aromatic carbocycles. The zero-order valence-electron chi connectivity index (χ0n) is 11.7. The third-order valence-corrected chi connectivity index (χ3v) is 3.02. The smallest absolute Gasteiger partial charge is 0.253 e. The number of amides is 1. The van der Waals surface area contributed by atoms with Crippen LogP contribution in [-0.4, -0.2) is 22.0 Å². The van der Waals surface area contributed by atoms with Crippen LogP contribution in [0.5, 0.6) is 0 Å². The van der Waals surface area contributed by atoms with Gasteiger partial charge >= 0.3 is 0 Å². The van der Waals surface area contributed by atoms with Crippen molar-refractivity contribution in [3.8, 4) is 0 Å². The summed E-state index contributed by atoms with van der Waals surface area (Å²) in [6.07, 6.45) is 2.17. The molecular formula is C15H16FN3O2. The maximum atomic E-state index is 13.0. The molecule has 0 spiro atoms. The normalized spacial score (nSPS) is 10.4. The van der Waals surface area contributed by atoms with Crippen LogP contribution in [0.4, 0.5) is 4.39 Å². The van der Waals surface area contributed by atoms with Gasteiger partial charge in [0, 0.05) is 30.4 Å². The Kier molecular flexibility index (Phi) is 4.81. The number of carbonyl (C=O) groups excluding carboxylic acids is 1. The molecule has 6 heteroatoms. The van der Waals surface area contributed by atoms with E-state index in [0.29, 0.717) is 13.0 Å². The van der Waals surface area contributed by atoms with Crippen molar-refractivity contribution in [1.82, 2.24) is 14.9 Å². The van der Waals surface area contributed by atoms with E-state index in [2.05, 4.69) is 10.3 Å². The molecule has 0 aliphatic heterocycles. The van der Waals surface area contributed by atoms with E-state index in [9.17, 15) is 14.0 Å². The van der Waals surface area contributed by atoms with Crippen LogP contribution >= 0.6 is 0 Å². The number of rotatable bonds is 5. The Balaban J connectivity index is 1.92. The average molecular weight is 289 g/mol. The van der Waals surface area contributed by atoms with Gasteiger partial charge in [0.1, 0.15) is 5.82 Å². The monoisotopic (exact) mass is 289 g/mol. The van der Waals surface area contributed by atoms with Gasteiger partial charge in [-0.25, -0.2) is 9.37 Å². The van der Waals surface area contributed by atoms with Gasteiger partial charge in [0.2, 0.25) is 0 Å². The number of nitrogens with one attached hydrogen (secondary N) is 1. The molecule has 1 N–H and O–H groups in total. The molecule has 21 heavy (non-hydrogen) atoms. The van der Waals surface area contributed by atoms with Crippen molar-refractivity contribution < 1.29 is 9.18 Å². The van der Waals surface area contributed by atoms with Crippen LogP contribution in [0.3, 0.4) is 0 Å². The molecule has 0 radical (unpaired) electrons. The van der Waals surface area contributed by atoms with Crippen LogP contribution < -0.4 is 10.9 Å². The molecule has 1 amide bonds. The molecule has 110 valence electrons. The first-order chi connectivity index (χ1) is 10.1. The minimum Gasteiger partial charge on any atom is -0.350 e. The maximum absolute atomic E-state index is 13.0. The molecule has 0 aliphatic carbocycles. The molecule has 2 aromatic rings. The standard InChI is InChI=1S/C15H16FN3O2/c1-2-13-9-14(20)19(10-18-13)7-6-17-15(21)11-4-3-5-12(16)8-11/h3-5,8-10H,2,6-7H2,1H3,(H,17,21). The van der Waals surface area contributed by atoms with Crippen molar-refractivity contribution in [3.63, 3.8) is 0 Å². The second kappa shape index (κ2) is 6.78. The Morgan fingerprint density at radius 1 is 1.38 bits per heavy atom. The Morgan fingerprint density at radius 2 is 2.19 bits per heavy atom. The van der Waals surface area contributed by atoms with Gasteiger partial charge in [-0.05, 0) is 24.6 Å². The maximum Gasteiger partial charge on any atom is 0.253 e. The van der Waals surface area contributed by atoms with Crippen LogP contribution in [0.1, 0.15) is 23.0 Å². The number of hydrogen-bond donors (Lipinski definition) is 1. The van der Waals surface area contributed by atoms with E-state index < -0.39 is 5.82 Å². The predicted octanol–water partition coefficient (Wildman–Crippen LogP) is 1.37. The summed E-state index contributed by atoms with van der Waals surface area (Å²) in [6.45, 7) is 2.50. The summed E-state index contributed by atoms with van der Waals surface area (Å²) >= 11 is 0. The molecule has 0 saturated carbocycles. The highest BCUT2D eigenvalue weighted by molar-refractivity contribution is 5.94. The van der Waals surface area contributed by atoms with E-state index >= 15 is 0 Å². The molecule has 0 unspecified atom stereocenters. The molecule has 0 bridgehead atoms. The van der Waals surface area contributed by atoms with E-state index in [1.165, 1.54) is 41.2 Å². The summed E-state index contributed by atoms with van der Waals surface area (Å²) in [4.78, 5) is 27.7. The van der Waals surface area contributed by atoms with Gasteiger partial charge in [-0.2, -0.15) is 0 Å². The van der Waals surface area contributed by atoms with Gasteiger partial charge in [-0.1, -0.05) is 13.0 Å². The summed E-state index contributed by atoms with van der Waals surface area (Å²) in [5.41, 5.74) is 0.837. The van der Waals surface area contributed by atoms with Crippen molar-refractivity contribution in [2.45, 2.75) is 19.9 Å². The lowest BCUT2D eigenvalue weighted by atomic mass is 10.2. The Bertz CT molecular complexity index is 697. The third-order valence-electron chi connectivity index (χ3n) is 3.02. The predicted molar refractivity (Wildman–Crippen MR) is 76.6 cm³/mol. The average Bonchev–Trinajstić information content (AvgIpc) is 2.48. The lowest BCUT2D eigenvalue weighted by molar-refractivity contribution is 0.0951. The van der Waals surface area contributed by atoms with Crippen molar-refractivity contribution in [2.75, 3.05) is 6.54 Å². The van der Waals surface area contributed by atoms with Crippen LogP contribution in [-0.2, 0) is 13.0 Å². The number of halogens is 1. The first-order valence-electron chi connectivity index (χ1n) is 6.69. The SMILES string of the molecule is CCc1cc(=O)n(CCNC(=O)c2cccc(F)c2)cn1. The molecular weight excluding hydrogens is 273 g/mol. The number of hydrogen-bond acceptors (Lipinski definition) is 3. The number of benzene rings is 1. The second-order valence-corrected chi connectivity index (χ2v) is 4.53. The molecule has 1 heterocycles. The summed E-state index contributed by atoms with van der Waals surface area (Å²) < 4.78 is 14.4. The van der Waals surface area contributed by atoms with Gasteiger partial charge in [-0.3, -0.25) is 14.2 Å². The highest BCUT2D eigenvalue weighted by atomic mass is 19.1. The molecule has 0 fully saturated rings. The fourth-order valence-electron chi connectivity index (χ4n) is 1.85. The van der Waals surface area contributed by atoms with Crippen molar-refractivity contribution in [2.24, 2.45) is 0 Å². The van der Waals surface area contributed by atoms with E-state index in [1.54, 1.807) is 0 Å². The highest BCUT2D eigenvalue weighted by Gasteiger charge is 2.06. The Labute approximate surface area is 121 Å². The highest BCUT2D eigenvalue weighted by Crippen LogP contribution is 2.02. The zero-order chi connectivity index (χ0) is 15.2. The van der Waals surface area contributed by atoms with Crippen molar-refractivity contribution >= 4 is 5.91 Å². The third kappa shape index (κ3) is 3.98. The van der Waals surface area contributed by atoms with Gasteiger partial charge in [0.15, 0.2) is 0 Å². The summed E-state index contributed by atoms with van der Waals surface area (Å²) in [5, 5.41) is 2.64. The quantitative estimate of drug-likeness (QED) is 0.904. The minimum absolute atomic E-state index is 0.151. The number of aromatic nitrogens is 2. The molecule has 1 aromatic heterocycles. The van der Waals surface area contributed by atoms with E-state index in [-0.39, 0.29) is 23.6 Å². The molecule has 5 nitrogen and oxygen atoms in total. The van der Waals surface area contributed by atoms with E-state index in [4.69, 9.17) is 0 Å². The Morgan fingerprint density at radius 3 is 2.86 bits per heavy atom. The molecule has 0 aliphatic rings. The van der Waals surface area contributed by atoms with E-state index in [0.717, 1.165) is 5.69 Å². The van der Waals surface area contributed by atoms with Gasteiger partial charge in [-0.15, -0.1) is 0 Å². The number of carbonyl (C=O) groups is 1. The zero-order valence-corrected chi connectivity index (χ0v) is 11.7. The number of aryl methyl sites for hydroxylation is 1. The van der Waals surface area contributed by atoms with Crippen LogP contribution in [0.2, 0.25) is 0 Å². The van der Waals surface area contributed by atoms with Gasteiger partial charge < -0.3 is 5.32 Å². The molecule has 0 saturated heterocycles. The van der Waals surface area contributed by atoms with E-state index in [1.807, 2.05) is 6.92 Å². The first kappa shape index (κ1) is 14.9.